The van der Waals surface area contributed by atoms with E-state index in [1.54, 1.807) is 27.2 Å². The number of hydrogen-bond donors (Lipinski definition) is 1. The zero-order valence-corrected chi connectivity index (χ0v) is 15.5. The van der Waals surface area contributed by atoms with E-state index in [0.717, 1.165) is 18.4 Å². The van der Waals surface area contributed by atoms with Gasteiger partial charge in [-0.25, -0.2) is 13.1 Å². The number of aryl methyl sites for hydroxylation is 1. The normalized spacial score (nSPS) is 19.8. The van der Waals surface area contributed by atoms with Gasteiger partial charge in [-0.1, -0.05) is 0 Å². The van der Waals surface area contributed by atoms with Crippen molar-refractivity contribution >= 4 is 15.9 Å². The maximum Gasteiger partial charge on any atom is 0.289 e. The number of rotatable bonds is 6. The molecule has 2 aromatic rings. The Morgan fingerprint density at radius 2 is 2.20 bits per heavy atom. The molecule has 1 fully saturated rings. The fourth-order valence-corrected chi connectivity index (χ4v) is 4.22. The van der Waals surface area contributed by atoms with Crippen LogP contribution in [-0.4, -0.2) is 49.6 Å². The molecule has 2 heterocycles. The Bertz CT molecular complexity index is 897. The first-order valence-electron chi connectivity index (χ1n) is 7.99. The van der Waals surface area contributed by atoms with E-state index in [1.807, 2.05) is 17.8 Å². The summed E-state index contributed by atoms with van der Waals surface area (Å²) < 4.78 is 34.7. The first kappa shape index (κ1) is 17.7. The molecule has 1 aliphatic carbocycles. The molecule has 1 amide bonds. The molecule has 8 nitrogen and oxygen atoms in total. The molecule has 1 aliphatic rings. The maximum absolute atomic E-state index is 12.5. The van der Waals surface area contributed by atoms with Gasteiger partial charge < -0.3 is 9.32 Å². The van der Waals surface area contributed by atoms with Crippen LogP contribution in [0.1, 0.15) is 34.2 Å². The summed E-state index contributed by atoms with van der Waals surface area (Å²) in [5.41, 5.74) is 1.44. The molecule has 2 atom stereocenters. The van der Waals surface area contributed by atoms with Crippen LogP contribution in [0.15, 0.2) is 27.8 Å². The number of nitrogens with zero attached hydrogens (tertiary/aromatic N) is 3. The molecular formula is C16H22N4O4S. The average Bonchev–Trinajstić information content (AvgIpc) is 3.01. The van der Waals surface area contributed by atoms with Gasteiger partial charge in [0, 0.05) is 51.1 Å². The SMILES string of the molecule is Cc1c(S(=O)(=O)NC[C@@H]2C[C@H]2c2ccnn2C)coc1C(=O)N(C)C. The summed E-state index contributed by atoms with van der Waals surface area (Å²) in [6, 6.07) is 1.96. The average molecular weight is 366 g/mol. The number of carbonyl (C=O) groups excluding carboxylic acids is 1. The van der Waals surface area contributed by atoms with E-state index in [4.69, 9.17) is 4.42 Å². The van der Waals surface area contributed by atoms with Crippen LogP contribution in [0.3, 0.4) is 0 Å². The number of amides is 1. The standard InChI is InChI=1S/C16H22N4O4S/c1-10-14(9-24-15(10)16(21)19(2)3)25(22,23)18-8-11-7-12(11)13-5-6-17-20(13)4/h5-6,9,11-12,18H,7-8H2,1-4H3/t11-,12+/m0/s1. The molecule has 0 bridgehead atoms. The third-order valence-corrected chi connectivity index (χ3v) is 6.11. The summed E-state index contributed by atoms with van der Waals surface area (Å²) in [6.07, 6.45) is 3.80. The van der Waals surface area contributed by atoms with Crippen molar-refractivity contribution in [1.82, 2.24) is 19.4 Å². The van der Waals surface area contributed by atoms with E-state index in [2.05, 4.69) is 9.82 Å². The molecule has 0 aromatic carbocycles. The van der Waals surface area contributed by atoms with E-state index >= 15 is 0 Å². The molecule has 0 radical (unpaired) electrons. The van der Waals surface area contributed by atoms with E-state index < -0.39 is 10.0 Å². The molecule has 136 valence electrons. The van der Waals surface area contributed by atoms with Gasteiger partial charge in [0.2, 0.25) is 10.0 Å². The Balaban J connectivity index is 1.67. The van der Waals surface area contributed by atoms with Crippen molar-refractivity contribution in [2.24, 2.45) is 13.0 Å². The fraction of sp³-hybridized carbons (Fsp3) is 0.500. The number of carbonyl (C=O) groups is 1. The predicted molar refractivity (Wildman–Crippen MR) is 90.7 cm³/mol. The second-order valence-corrected chi connectivity index (χ2v) is 8.32. The summed E-state index contributed by atoms with van der Waals surface area (Å²) in [6.45, 7) is 1.92. The molecule has 9 heteroatoms. The molecule has 0 aliphatic heterocycles. The lowest BCUT2D eigenvalue weighted by atomic mass is 10.2. The van der Waals surface area contributed by atoms with E-state index in [9.17, 15) is 13.2 Å². The quantitative estimate of drug-likeness (QED) is 0.826. The lowest BCUT2D eigenvalue weighted by Gasteiger charge is -2.09. The third-order valence-electron chi connectivity index (χ3n) is 4.58. The minimum Gasteiger partial charge on any atom is -0.457 e. The number of aromatic nitrogens is 2. The molecule has 3 rings (SSSR count). The van der Waals surface area contributed by atoms with Crippen LogP contribution >= 0.6 is 0 Å². The van der Waals surface area contributed by atoms with Crippen molar-refractivity contribution in [2.75, 3.05) is 20.6 Å². The molecule has 1 saturated carbocycles. The van der Waals surface area contributed by atoms with E-state index in [-0.39, 0.29) is 22.5 Å². The zero-order chi connectivity index (χ0) is 18.4. The first-order valence-corrected chi connectivity index (χ1v) is 9.48. The topological polar surface area (TPSA) is 97.4 Å². The molecule has 1 N–H and O–H groups in total. The zero-order valence-electron chi connectivity index (χ0n) is 14.7. The van der Waals surface area contributed by atoms with Crippen LogP contribution in [0, 0.1) is 12.8 Å². The van der Waals surface area contributed by atoms with Crippen LogP contribution in [0.5, 0.6) is 0 Å². The maximum atomic E-state index is 12.5. The third kappa shape index (κ3) is 3.34. The molecule has 2 aromatic heterocycles. The molecule has 0 unspecified atom stereocenters. The van der Waals surface area contributed by atoms with Gasteiger partial charge in [0.05, 0.1) is 0 Å². The number of nitrogens with one attached hydrogen (secondary N) is 1. The Morgan fingerprint density at radius 1 is 1.48 bits per heavy atom. The Labute approximate surface area is 146 Å². The van der Waals surface area contributed by atoms with Crippen LogP contribution in [0.25, 0.3) is 0 Å². The Kier molecular flexibility index (Phi) is 4.46. The Hall–Kier alpha value is -2.13. The summed E-state index contributed by atoms with van der Waals surface area (Å²) in [7, 11) is 1.33. The molecule has 0 saturated heterocycles. The number of sulfonamides is 1. The largest absolute Gasteiger partial charge is 0.457 e. The van der Waals surface area contributed by atoms with Gasteiger partial charge in [0.1, 0.15) is 11.2 Å². The Morgan fingerprint density at radius 3 is 2.80 bits per heavy atom. The summed E-state index contributed by atoms with van der Waals surface area (Å²) in [5.74, 6) is 0.258. The van der Waals surface area contributed by atoms with Crippen LogP contribution in [-0.2, 0) is 17.1 Å². The second kappa shape index (κ2) is 6.30. The predicted octanol–water partition coefficient (Wildman–Crippen LogP) is 1.11. The highest BCUT2D eigenvalue weighted by atomic mass is 32.2. The van der Waals surface area contributed by atoms with Gasteiger partial charge in [0.15, 0.2) is 5.76 Å². The highest BCUT2D eigenvalue weighted by molar-refractivity contribution is 7.89. The van der Waals surface area contributed by atoms with Crippen molar-refractivity contribution < 1.29 is 17.6 Å². The van der Waals surface area contributed by atoms with Crippen molar-refractivity contribution in [3.63, 3.8) is 0 Å². The summed E-state index contributed by atoms with van der Waals surface area (Å²) >= 11 is 0. The highest BCUT2D eigenvalue weighted by Gasteiger charge is 2.40. The minimum absolute atomic E-state index is 0.00966. The second-order valence-electron chi connectivity index (χ2n) is 6.59. The smallest absolute Gasteiger partial charge is 0.289 e. The van der Waals surface area contributed by atoms with E-state index in [0.29, 0.717) is 18.0 Å². The highest BCUT2D eigenvalue weighted by Crippen LogP contribution is 2.46. The van der Waals surface area contributed by atoms with Crippen molar-refractivity contribution in [1.29, 1.82) is 0 Å². The van der Waals surface area contributed by atoms with Gasteiger partial charge in [-0.05, 0) is 25.3 Å². The molecular weight excluding hydrogens is 344 g/mol. The monoisotopic (exact) mass is 366 g/mol. The van der Waals surface area contributed by atoms with Gasteiger partial charge in [0.25, 0.3) is 5.91 Å². The van der Waals surface area contributed by atoms with Crippen LogP contribution in [0.2, 0.25) is 0 Å². The molecule has 0 spiro atoms. The van der Waals surface area contributed by atoms with Gasteiger partial charge in [-0.2, -0.15) is 5.10 Å². The summed E-state index contributed by atoms with van der Waals surface area (Å²) in [4.78, 5) is 13.4. The number of furan rings is 1. The fourth-order valence-electron chi connectivity index (χ4n) is 2.96. The van der Waals surface area contributed by atoms with Crippen molar-refractivity contribution in [3.05, 3.63) is 35.5 Å². The van der Waals surface area contributed by atoms with Gasteiger partial charge in [-0.15, -0.1) is 0 Å². The van der Waals surface area contributed by atoms with Gasteiger partial charge >= 0.3 is 0 Å². The van der Waals surface area contributed by atoms with Crippen molar-refractivity contribution in [2.45, 2.75) is 24.2 Å². The molecule has 25 heavy (non-hydrogen) atoms. The minimum atomic E-state index is -3.72. The number of hydrogen-bond acceptors (Lipinski definition) is 5. The van der Waals surface area contributed by atoms with E-state index in [1.165, 1.54) is 4.90 Å². The van der Waals surface area contributed by atoms with Gasteiger partial charge in [-0.3, -0.25) is 9.48 Å². The lowest BCUT2D eigenvalue weighted by Crippen LogP contribution is -2.27. The van der Waals surface area contributed by atoms with Crippen LogP contribution in [0.4, 0.5) is 0 Å². The first-order chi connectivity index (χ1) is 11.7. The summed E-state index contributed by atoms with van der Waals surface area (Å²) in [5, 5.41) is 4.14. The van der Waals surface area contributed by atoms with Crippen LogP contribution < -0.4 is 4.72 Å². The van der Waals surface area contributed by atoms with Crippen molar-refractivity contribution in [3.8, 4) is 0 Å². The lowest BCUT2D eigenvalue weighted by molar-refractivity contribution is 0.0795.